The number of likely N-dealkylation sites (tertiary alicyclic amines) is 1. The molecule has 1 heterocycles. The normalized spacial score (nSPS) is 15.5. The van der Waals surface area contributed by atoms with Gasteiger partial charge in [0.1, 0.15) is 0 Å². The molecular formula is C17H25ClN2O3S. The zero-order valence-corrected chi connectivity index (χ0v) is 15.3. The van der Waals surface area contributed by atoms with Gasteiger partial charge in [0.05, 0.1) is 12.5 Å². The van der Waals surface area contributed by atoms with Crippen molar-refractivity contribution in [1.29, 1.82) is 0 Å². The van der Waals surface area contributed by atoms with Crippen LogP contribution in [0.15, 0.2) is 35.2 Å². The van der Waals surface area contributed by atoms with Crippen molar-refractivity contribution in [2.45, 2.75) is 24.2 Å². The first-order valence-electron chi connectivity index (χ1n) is 8.05. The number of nitrogens with one attached hydrogen (secondary N) is 1. The van der Waals surface area contributed by atoms with Crippen LogP contribution in [0.2, 0.25) is 0 Å². The summed E-state index contributed by atoms with van der Waals surface area (Å²) in [6, 6.07) is 10.2. The van der Waals surface area contributed by atoms with Crippen LogP contribution >= 0.6 is 24.2 Å². The summed E-state index contributed by atoms with van der Waals surface area (Å²) < 4.78 is 0. The van der Waals surface area contributed by atoms with Gasteiger partial charge in [-0.15, -0.1) is 24.2 Å². The van der Waals surface area contributed by atoms with Crippen molar-refractivity contribution in [3.63, 3.8) is 0 Å². The third-order valence-electron chi connectivity index (χ3n) is 3.96. The SMILES string of the molecule is Cl.O=C(CN1CCC(C(=O)O)CC1)NCCCSc1ccccc1. The molecule has 24 heavy (non-hydrogen) atoms. The third-order valence-corrected chi connectivity index (χ3v) is 5.06. The molecule has 7 heteroatoms. The topological polar surface area (TPSA) is 69.6 Å². The molecule has 1 aromatic rings. The van der Waals surface area contributed by atoms with Gasteiger partial charge >= 0.3 is 5.97 Å². The van der Waals surface area contributed by atoms with Gasteiger partial charge in [-0.05, 0) is 50.2 Å². The Balaban J connectivity index is 0.00000288. The Labute approximate surface area is 153 Å². The Kier molecular flexibility index (Phi) is 9.83. The molecule has 0 aromatic heterocycles. The molecule has 0 atom stereocenters. The number of amides is 1. The van der Waals surface area contributed by atoms with Crippen molar-refractivity contribution < 1.29 is 14.7 Å². The lowest BCUT2D eigenvalue weighted by Crippen LogP contribution is -2.42. The fraction of sp³-hybridized carbons (Fsp3) is 0.529. The number of carboxylic acid groups (broad SMARTS) is 1. The van der Waals surface area contributed by atoms with Crippen molar-refractivity contribution in [3.05, 3.63) is 30.3 Å². The number of carboxylic acids is 1. The summed E-state index contributed by atoms with van der Waals surface area (Å²) >= 11 is 1.79. The highest BCUT2D eigenvalue weighted by Gasteiger charge is 2.25. The number of carbonyl (C=O) groups excluding carboxylic acids is 1. The second-order valence-electron chi connectivity index (χ2n) is 5.75. The second-order valence-corrected chi connectivity index (χ2v) is 6.92. The summed E-state index contributed by atoms with van der Waals surface area (Å²) in [5, 5.41) is 11.9. The van der Waals surface area contributed by atoms with E-state index in [0.29, 0.717) is 39.0 Å². The zero-order chi connectivity index (χ0) is 16.5. The van der Waals surface area contributed by atoms with Gasteiger partial charge in [-0.1, -0.05) is 18.2 Å². The third kappa shape index (κ3) is 7.55. The van der Waals surface area contributed by atoms with Gasteiger partial charge < -0.3 is 10.4 Å². The number of piperidine rings is 1. The highest BCUT2D eigenvalue weighted by Crippen LogP contribution is 2.18. The van der Waals surface area contributed by atoms with Gasteiger partial charge in [0.15, 0.2) is 0 Å². The van der Waals surface area contributed by atoms with Crippen LogP contribution in [0.1, 0.15) is 19.3 Å². The first kappa shape index (κ1) is 20.8. The van der Waals surface area contributed by atoms with Gasteiger partial charge in [0.25, 0.3) is 0 Å². The molecule has 2 rings (SSSR count). The lowest BCUT2D eigenvalue weighted by Gasteiger charge is -2.29. The highest BCUT2D eigenvalue weighted by atomic mass is 35.5. The molecule has 1 aromatic carbocycles. The molecule has 1 saturated heterocycles. The van der Waals surface area contributed by atoms with Crippen molar-refractivity contribution in [3.8, 4) is 0 Å². The Morgan fingerprint density at radius 2 is 1.88 bits per heavy atom. The summed E-state index contributed by atoms with van der Waals surface area (Å²) in [4.78, 5) is 26.1. The Morgan fingerprint density at radius 1 is 1.21 bits per heavy atom. The Bertz CT molecular complexity index is 508. The molecule has 1 fully saturated rings. The number of thioether (sulfide) groups is 1. The molecular weight excluding hydrogens is 348 g/mol. The minimum atomic E-state index is -0.718. The summed E-state index contributed by atoms with van der Waals surface area (Å²) in [6.45, 7) is 2.44. The van der Waals surface area contributed by atoms with E-state index in [-0.39, 0.29) is 24.2 Å². The second kappa shape index (κ2) is 11.3. The number of carbonyl (C=O) groups is 2. The van der Waals surface area contributed by atoms with Gasteiger partial charge in [-0.3, -0.25) is 14.5 Å². The van der Waals surface area contributed by atoms with E-state index in [1.165, 1.54) is 4.90 Å². The number of hydrogen-bond donors (Lipinski definition) is 2. The van der Waals surface area contributed by atoms with Crippen LogP contribution in [-0.2, 0) is 9.59 Å². The van der Waals surface area contributed by atoms with Crippen molar-refractivity contribution in [2.24, 2.45) is 5.92 Å². The van der Waals surface area contributed by atoms with Crippen LogP contribution < -0.4 is 5.32 Å². The molecule has 0 spiro atoms. The minimum absolute atomic E-state index is 0. The number of halogens is 1. The summed E-state index contributed by atoms with van der Waals surface area (Å²) in [5.41, 5.74) is 0. The first-order valence-corrected chi connectivity index (χ1v) is 9.03. The standard InChI is InChI=1S/C17H24N2O3S.ClH/c20-16(13-19-10-7-14(8-11-19)17(21)22)18-9-4-12-23-15-5-2-1-3-6-15;/h1-3,5-6,14H,4,7-13H2,(H,18,20)(H,21,22);1H. The van der Waals surface area contributed by atoms with Gasteiger partial charge in [0, 0.05) is 11.4 Å². The van der Waals surface area contributed by atoms with Gasteiger partial charge in [-0.2, -0.15) is 0 Å². The largest absolute Gasteiger partial charge is 0.481 e. The maximum atomic E-state index is 11.9. The van der Waals surface area contributed by atoms with E-state index in [9.17, 15) is 9.59 Å². The molecule has 0 unspecified atom stereocenters. The van der Waals surface area contributed by atoms with E-state index in [1.807, 2.05) is 23.1 Å². The summed E-state index contributed by atoms with van der Waals surface area (Å²) in [5.74, 6) is 0.0479. The van der Waals surface area contributed by atoms with E-state index >= 15 is 0 Å². The van der Waals surface area contributed by atoms with Gasteiger partial charge in [-0.25, -0.2) is 0 Å². The molecule has 1 aliphatic heterocycles. The van der Waals surface area contributed by atoms with E-state index in [4.69, 9.17) is 5.11 Å². The van der Waals surface area contributed by atoms with Gasteiger partial charge in [0.2, 0.25) is 5.91 Å². The van der Waals surface area contributed by atoms with Crippen LogP contribution in [0.25, 0.3) is 0 Å². The van der Waals surface area contributed by atoms with E-state index in [1.54, 1.807) is 11.8 Å². The minimum Gasteiger partial charge on any atom is -0.481 e. The van der Waals surface area contributed by atoms with E-state index < -0.39 is 5.97 Å². The number of hydrogen-bond acceptors (Lipinski definition) is 4. The molecule has 0 radical (unpaired) electrons. The summed E-state index contributed by atoms with van der Waals surface area (Å²) in [7, 11) is 0. The number of aliphatic carboxylic acids is 1. The first-order chi connectivity index (χ1) is 11.1. The molecule has 134 valence electrons. The molecule has 2 N–H and O–H groups in total. The average molecular weight is 373 g/mol. The number of nitrogens with zero attached hydrogens (tertiary/aromatic N) is 1. The predicted molar refractivity (Wildman–Crippen MR) is 98.8 cm³/mol. The zero-order valence-electron chi connectivity index (χ0n) is 13.6. The van der Waals surface area contributed by atoms with E-state index in [0.717, 1.165) is 12.2 Å². The smallest absolute Gasteiger partial charge is 0.306 e. The van der Waals surface area contributed by atoms with Crippen molar-refractivity contribution >= 4 is 36.0 Å². The number of rotatable bonds is 8. The van der Waals surface area contributed by atoms with Crippen LogP contribution in [0.3, 0.4) is 0 Å². The van der Waals surface area contributed by atoms with Crippen LogP contribution in [-0.4, -0.2) is 53.8 Å². The highest BCUT2D eigenvalue weighted by molar-refractivity contribution is 7.99. The maximum Gasteiger partial charge on any atom is 0.306 e. The van der Waals surface area contributed by atoms with Crippen molar-refractivity contribution in [1.82, 2.24) is 10.2 Å². The maximum absolute atomic E-state index is 11.9. The quantitative estimate of drug-likeness (QED) is 0.542. The lowest BCUT2D eigenvalue weighted by molar-refractivity contribution is -0.143. The van der Waals surface area contributed by atoms with Crippen molar-refractivity contribution in [2.75, 3.05) is 31.9 Å². The lowest BCUT2D eigenvalue weighted by atomic mass is 9.97. The Hall–Kier alpha value is -1.24. The van der Waals surface area contributed by atoms with E-state index in [2.05, 4.69) is 17.4 Å². The Morgan fingerprint density at radius 3 is 2.50 bits per heavy atom. The van der Waals surface area contributed by atoms with Crippen LogP contribution in [0, 0.1) is 5.92 Å². The monoisotopic (exact) mass is 372 g/mol. The fourth-order valence-corrected chi connectivity index (χ4v) is 3.48. The number of benzene rings is 1. The predicted octanol–water partition coefficient (Wildman–Crippen LogP) is 2.50. The molecule has 1 aliphatic rings. The average Bonchev–Trinajstić information content (AvgIpc) is 2.56. The molecule has 0 aliphatic carbocycles. The molecule has 1 amide bonds. The van der Waals surface area contributed by atoms with Crippen LogP contribution in [0.5, 0.6) is 0 Å². The molecule has 0 saturated carbocycles. The fourth-order valence-electron chi connectivity index (χ4n) is 2.60. The molecule has 5 nitrogen and oxygen atoms in total. The molecule has 0 bridgehead atoms. The summed E-state index contributed by atoms with van der Waals surface area (Å²) in [6.07, 6.45) is 2.21. The van der Waals surface area contributed by atoms with Crippen LogP contribution in [0.4, 0.5) is 0 Å².